The van der Waals surface area contributed by atoms with Gasteiger partial charge in [-0.05, 0) is 48.4 Å². The Bertz CT molecular complexity index is 890. The molecule has 0 aromatic heterocycles. The van der Waals surface area contributed by atoms with Crippen molar-refractivity contribution in [3.8, 4) is 11.5 Å². The second kappa shape index (κ2) is 6.95. The molecule has 0 aliphatic carbocycles. The number of hydrogen-bond acceptors (Lipinski definition) is 4. The molecule has 2 heterocycles. The normalized spacial score (nSPS) is 19.0. The van der Waals surface area contributed by atoms with Crippen LogP contribution in [0.5, 0.6) is 11.5 Å². The van der Waals surface area contributed by atoms with Crippen LogP contribution in [0, 0.1) is 6.92 Å². The number of hydrogen-bond donors (Lipinski definition) is 1. The summed E-state index contributed by atoms with van der Waals surface area (Å²) in [5.74, 6) is 0.831. The van der Waals surface area contributed by atoms with Crippen molar-refractivity contribution in [1.82, 2.24) is 4.90 Å². The van der Waals surface area contributed by atoms with Crippen LogP contribution in [-0.4, -0.2) is 43.0 Å². The zero-order valence-electron chi connectivity index (χ0n) is 15.4. The predicted octanol–water partition coefficient (Wildman–Crippen LogP) is 2.72. The fourth-order valence-corrected chi connectivity index (χ4v) is 3.58. The molecule has 27 heavy (non-hydrogen) atoms. The summed E-state index contributed by atoms with van der Waals surface area (Å²) in [6, 6.07) is 13.3. The molecular weight excluding hydrogens is 344 g/mol. The molecule has 2 aliphatic rings. The van der Waals surface area contributed by atoms with Gasteiger partial charge in [-0.2, -0.15) is 0 Å². The molecule has 4 rings (SSSR count). The zero-order chi connectivity index (χ0) is 19.0. The lowest BCUT2D eigenvalue weighted by molar-refractivity contribution is -0.143. The minimum Gasteiger partial charge on any atom is -0.497 e. The molecule has 0 saturated carbocycles. The Hall–Kier alpha value is -3.02. The standard InChI is InChI=1S/C21H22N2O4/c1-13-4-3-5-15(8-13)27-16-11-23(12-16)21(25)18-10-20(24)22-19-7-6-14(26-2)9-17(18)19/h3-9,16,18H,10-12H2,1-2H3,(H,22,24). The smallest absolute Gasteiger partial charge is 0.230 e. The van der Waals surface area contributed by atoms with Gasteiger partial charge in [0, 0.05) is 12.1 Å². The molecule has 1 saturated heterocycles. The second-order valence-corrected chi connectivity index (χ2v) is 7.06. The summed E-state index contributed by atoms with van der Waals surface area (Å²) in [7, 11) is 1.59. The zero-order valence-corrected chi connectivity index (χ0v) is 15.4. The number of carbonyl (C=O) groups is 2. The average Bonchev–Trinajstić information content (AvgIpc) is 2.63. The Labute approximate surface area is 158 Å². The van der Waals surface area contributed by atoms with E-state index in [9.17, 15) is 9.59 Å². The third-order valence-electron chi connectivity index (χ3n) is 5.05. The lowest BCUT2D eigenvalue weighted by atomic mass is 9.88. The monoisotopic (exact) mass is 366 g/mol. The molecule has 0 spiro atoms. The molecule has 1 N–H and O–H groups in total. The molecule has 1 unspecified atom stereocenters. The van der Waals surface area contributed by atoms with Crippen LogP contribution in [0.3, 0.4) is 0 Å². The predicted molar refractivity (Wildman–Crippen MR) is 101 cm³/mol. The second-order valence-electron chi connectivity index (χ2n) is 7.06. The number of aryl methyl sites for hydroxylation is 1. The summed E-state index contributed by atoms with van der Waals surface area (Å²) in [6.07, 6.45) is 0.136. The summed E-state index contributed by atoms with van der Waals surface area (Å²) in [5.41, 5.74) is 2.62. The Morgan fingerprint density at radius 1 is 1.15 bits per heavy atom. The van der Waals surface area contributed by atoms with E-state index in [4.69, 9.17) is 9.47 Å². The van der Waals surface area contributed by atoms with Crippen molar-refractivity contribution in [1.29, 1.82) is 0 Å². The number of benzene rings is 2. The summed E-state index contributed by atoms with van der Waals surface area (Å²) in [6.45, 7) is 3.08. The number of nitrogens with zero attached hydrogens (tertiary/aromatic N) is 1. The van der Waals surface area contributed by atoms with E-state index in [1.54, 1.807) is 24.1 Å². The first-order valence-electron chi connectivity index (χ1n) is 9.03. The van der Waals surface area contributed by atoms with Crippen molar-refractivity contribution in [2.75, 3.05) is 25.5 Å². The first-order chi connectivity index (χ1) is 13.0. The lowest BCUT2D eigenvalue weighted by Crippen LogP contribution is -2.57. The van der Waals surface area contributed by atoms with Crippen molar-refractivity contribution in [2.24, 2.45) is 0 Å². The van der Waals surface area contributed by atoms with Crippen LogP contribution in [0.15, 0.2) is 42.5 Å². The Balaban J connectivity index is 1.44. The number of methoxy groups -OCH3 is 1. The van der Waals surface area contributed by atoms with Crippen molar-refractivity contribution in [2.45, 2.75) is 25.4 Å². The van der Waals surface area contributed by atoms with Crippen LogP contribution in [-0.2, 0) is 9.59 Å². The maximum Gasteiger partial charge on any atom is 0.230 e. The van der Waals surface area contributed by atoms with E-state index in [1.807, 2.05) is 37.3 Å². The molecule has 2 aliphatic heterocycles. The number of anilines is 1. The topological polar surface area (TPSA) is 67.9 Å². The molecule has 2 amide bonds. The molecule has 0 bridgehead atoms. The van der Waals surface area contributed by atoms with Gasteiger partial charge in [0.25, 0.3) is 0 Å². The van der Waals surface area contributed by atoms with Crippen LogP contribution in [0.25, 0.3) is 0 Å². The van der Waals surface area contributed by atoms with Crippen molar-refractivity contribution in [3.05, 3.63) is 53.6 Å². The summed E-state index contributed by atoms with van der Waals surface area (Å²) in [5, 5.41) is 2.83. The molecule has 2 aromatic carbocycles. The number of nitrogens with one attached hydrogen (secondary N) is 1. The Morgan fingerprint density at radius 3 is 2.70 bits per heavy atom. The lowest BCUT2D eigenvalue weighted by Gasteiger charge is -2.41. The van der Waals surface area contributed by atoms with Gasteiger partial charge in [-0.1, -0.05) is 12.1 Å². The van der Waals surface area contributed by atoms with Crippen molar-refractivity contribution in [3.63, 3.8) is 0 Å². The first-order valence-corrected chi connectivity index (χ1v) is 9.03. The van der Waals surface area contributed by atoms with Crippen LogP contribution in [0.4, 0.5) is 5.69 Å². The quantitative estimate of drug-likeness (QED) is 0.903. The minimum atomic E-state index is -0.483. The molecule has 0 radical (unpaired) electrons. The number of ether oxygens (including phenoxy) is 2. The average molecular weight is 366 g/mol. The van der Waals surface area contributed by atoms with Gasteiger partial charge in [0.1, 0.15) is 17.6 Å². The molecule has 6 nitrogen and oxygen atoms in total. The highest BCUT2D eigenvalue weighted by Gasteiger charge is 2.39. The third-order valence-corrected chi connectivity index (χ3v) is 5.05. The van der Waals surface area contributed by atoms with E-state index in [2.05, 4.69) is 5.32 Å². The van der Waals surface area contributed by atoms with Gasteiger partial charge < -0.3 is 19.7 Å². The van der Waals surface area contributed by atoms with E-state index in [-0.39, 0.29) is 24.3 Å². The molecular formula is C21H22N2O4. The number of likely N-dealkylation sites (tertiary alicyclic amines) is 1. The van der Waals surface area contributed by atoms with Gasteiger partial charge in [0.15, 0.2) is 0 Å². The summed E-state index contributed by atoms with van der Waals surface area (Å²) >= 11 is 0. The summed E-state index contributed by atoms with van der Waals surface area (Å²) < 4.78 is 11.2. The van der Waals surface area contributed by atoms with Gasteiger partial charge in [-0.15, -0.1) is 0 Å². The van der Waals surface area contributed by atoms with Gasteiger partial charge >= 0.3 is 0 Å². The van der Waals surface area contributed by atoms with E-state index in [0.29, 0.717) is 24.5 Å². The highest BCUT2D eigenvalue weighted by molar-refractivity contribution is 6.01. The van der Waals surface area contributed by atoms with Crippen LogP contribution in [0.2, 0.25) is 0 Å². The summed E-state index contributed by atoms with van der Waals surface area (Å²) in [4.78, 5) is 26.8. The Morgan fingerprint density at radius 2 is 1.96 bits per heavy atom. The fraction of sp³-hybridized carbons (Fsp3) is 0.333. The van der Waals surface area contributed by atoms with E-state index >= 15 is 0 Å². The maximum absolute atomic E-state index is 13.0. The van der Waals surface area contributed by atoms with Gasteiger partial charge in [0.05, 0.1) is 26.1 Å². The molecule has 2 aromatic rings. The first kappa shape index (κ1) is 17.4. The molecule has 1 atom stereocenters. The molecule has 1 fully saturated rings. The number of carbonyl (C=O) groups excluding carboxylic acids is 2. The minimum absolute atomic E-state index is 0.0158. The highest BCUT2D eigenvalue weighted by atomic mass is 16.5. The van der Waals surface area contributed by atoms with Gasteiger partial charge in [0.2, 0.25) is 11.8 Å². The van der Waals surface area contributed by atoms with Crippen LogP contribution >= 0.6 is 0 Å². The van der Waals surface area contributed by atoms with E-state index in [0.717, 1.165) is 16.9 Å². The van der Waals surface area contributed by atoms with Crippen molar-refractivity contribution < 1.29 is 19.1 Å². The maximum atomic E-state index is 13.0. The van der Waals surface area contributed by atoms with Crippen LogP contribution < -0.4 is 14.8 Å². The Kier molecular flexibility index (Phi) is 4.48. The molecule has 140 valence electrons. The number of rotatable bonds is 4. The number of amides is 2. The molecule has 6 heteroatoms. The SMILES string of the molecule is COc1ccc2c(c1)C(C(=O)N1CC(Oc3cccc(C)c3)C1)CC(=O)N2. The highest BCUT2D eigenvalue weighted by Crippen LogP contribution is 2.37. The van der Waals surface area contributed by atoms with E-state index in [1.165, 1.54) is 0 Å². The van der Waals surface area contributed by atoms with Gasteiger partial charge in [-0.25, -0.2) is 0 Å². The fourth-order valence-electron chi connectivity index (χ4n) is 3.58. The largest absolute Gasteiger partial charge is 0.497 e. The van der Waals surface area contributed by atoms with E-state index < -0.39 is 5.92 Å². The van der Waals surface area contributed by atoms with Crippen LogP contribution in [0.1, 0.15) is 23.5 Å². The van der Waals surface area contributed by atoms with Gasteiger partial charge in [-0.3, -0.25) is 9.59 Å². The third kappa shape index (κ3) is 3.47. The number of fused-ring (bicyclic) bond motifs is 1. The van der Waals surface area contributed by atoms with Crippen molar-refractivity contribution >= 4 is 17.5 Å².